The summed E-state index contributed by atoms with van der Waals surface area (Å²) in [5.41, 5.74) is 2.30. The maximum atomic E-state index is 11.4. The molecule has 0 aliphatic heterocycles. The zero-order valence-electron chi connectivity index (χ0n) is 18.2. The SMILES string of the molecule is C=C/C=C(\CC(=O)O)C(CC)(CC)c1ccc(OCC(O)C(C)(C)C)c(C)c1. The van der Waals surface area contributed by atoms with Crippen LogP contribution >= 0.6 is 0 Å². The van der Waals surface area contributed by atoms with Gasteiger partial charge in [-0.1, -0.05) is 65.5 Å². The molecule has 1 unspecified atom stereocenters. The lowest BCUT2D eigenvalue weighted by atomic mass is 9.68. The summed E-state index contributed by atoms with van der Waals surface area (Å²) in [4.78, 5) is 11.4. The van der Waals surface area contributed by atoms with Gasteiger partial charge in [0.05, 0.1) is 12.5 Å². The summed E-state index contributed by atoms with van der Waals surface area (Å²) in [5.74, 6) is -0.104. The quantitative estimate of drug-likeness (QED) is 0.525. The van der Waals surface area contributed by atoms with Crippen molar-refractivity contribution in [3.63, 3.8) is 0 Å². The fourth-order valence-electron chi connectivity index (χ4n) is 3.52. The molecule has 0 amide bonds. The summed E-state index contributed by atoms with van der Waals surface area (Å²) >= 11 is 0. The summed E-state index contributed by atoms with van der Waals surface area (Å²) in [6.45, 7) is 16.1. The van der Waals surface area contributed by atoms with Gasteiger partial charge in [0.2, 0.25) is 0 Å². The maximum absolute atomic E-state index is 11.4. The Hall–Kier alpha value is -2.07. The normalized spacial score (nSPS) is 13.9. The molecular formula is C24H36O4. The van der Waals surface area contributed by atoms with E-state index in [0.29, 0.717) is 0 Å². The predicted molar refractivity (Wildman–Crippen MR) is 115 cm³/mol. The summed E-state index contributed by atoms with van der Waals surface area (Å²) in [5, 5.41) is 19.6. The fraction of sp³-hybridized carbons (Fsp3) is 0.542. The van der Waals surface area contributed by atoms with E-state index in [1.807, 2.05) is 45.9 Å². The summed E-state index contributed by atoms with van der Waals surface area (Å²) in [6, 6.07) is 6.01. The Morgan fingerprint density at radius 3 is 2.29 bits per heavy atom. The molecule has 1 rings (SSSR count). The van der Waals surface area contributed by atoms with E-state index in [0.717, 1.165) is 35.3 Å². The second-order valence-electron chi connectivity index (χ2n) is 8.46. The largest absolute Gasteiger partial charge is 0.491 e. The third kappa shape index (κ3) is 5.71. The van der Waals surface area contributed by atoms with Crippen LogP contribution in [0.25, 0.3) is 0 Å². The number of aliphatic hydroxyl groups is 1. The number of aliphatic hydroxyl groups excluding tert-OH is 1. The minimum Gasteiger partial charge on any atom is -0.491 e. The van der Waals surface area contributed by atoms with E-state index in [-0.39, 0.29) is 23.9 Å². The highest BCUT2D eigenvalue weighted by molar-refractivity contribution is 5.71. The van der Waals surface area contributed by atoms with Crippen LogP contribution in [0.5, 0.6) is 5.75 Å². The van der Waals surface area contributed by atoms with Crippen LogP contribution in [-0.4, -0.2) is 28.9 Å². The summed E-state index contributed by atoms with van der Waals surface area (Å²) in [6.07, 6.45) is 4.51. The van der Waals surface area contributed by atoms with Crippen LogP contribution in [0.3, 0.4) is 0 Å². The van der Waals surface area contributed by atoms with Gasteiger partial charge in [0.1, 0.15) is 12.4 Å². The first-order valence-electron chi connectivity index (χ1n) is 9.97. The Kier molecular flexibility index (Phi) is 8.49. The molecule has 0 spiro atoms. The van der Waals surface area contributed by atoms with Crippen LogP contribution in [0.2, 0.25) is 0 Å². The number of ether oxygens (including phenoxy) is 1. The van der Waals surface area contributed by atoms with Crippen LogP contribution in [0, 0.1) is 12.3 Å². The topological polar surface area (TPSA) is 66.8 Å². The zero-order valence-corrected chi connectivity index (χ0v) is 18.2. The van der Waals surface area contributed by atoms with E-state index in [1.54, 1.807) is 6.08 Å². The predicted octanol–water partition coefficient (Wildman–Crippen LogP) is 5.43. The highest BCUT2D eigenvalue weighted by atomic mass is 16.5. The molecule has 0 heterocycles. The minimum absolute atomic E-state index is 0.0111. The van der Waals surface area contributed by atoms with Crippen LogP contribution in [0.4, 0.5) is 0 Å². The molecule has 1 aromatic carbocycles. The summed E-state index contributed by atoms with van der Waals surface area (Å²) in [7, 11) is 0. The fourth-order valence-corrected chi connectivity index (χ4v) is 3.52. The molecule has 4 heteroatoms. The average molecular weight is 389 g/mol. The number of rotatable bonds is 10. The molecule has 0 fully saturated rings. The van der Waals surface area contributed by atoms with Crippen LogP contribution in [-0.2, 0) is 10.2 Å². The van der Waals surface area contributed by atoms with Crippen molar-refractivity contribution < 1.29 is 19.7 Å². The van der Waals surface area contributed by atoms with Crippen LogP contribution in [0.1, 0.15) is 65.0 Å². The van der Waals surface area contributed by atoms with Crippen molar-refractivity contribution in [2.75, 3.05) is 6.61 Å². The lowest BCUT2D eigenvalue weighted by molar-refractivity contribution is -0.136. The van der Waals surface area contributed by atoms with Crippen molar-refractivity contribution in [3.8, 4) is 5.75 Å². The number of hydrogen-bond donors (Lipinski definition) is 2. The van der Waals surface area contributed by atoms with Gasteiger partial charge in [-0.15, -0.1) is 0 Å². The van der Waals surface area contributed by atoms with E-state index < -0.39 is 12.1 Å². The minimum atomic E-state index is -0.841. The molecule has 0 saturated heterocycles. The average Bonchev–Trinajstić information content (AvgIpc) is 2.61. The van der Waals surface area contributed by atoms with Crippen molar-refractivity contribution >= 4 is 5.97 Å². The molecule has 0 saturated carbocycles. The molecule has 4 nitrogen and oxygen atoms in total. The van der Waals surface area contributed by atoms with Crippen molar-refractivity contribution in [3.05, 3.63) is 53.6 Å². The number of carbonyl (C=O) groups is 1. The Morgan fingerprint density at radius 1 is 1.25 bits per heavy atom. The van der Waals surface area contributed by atoms with Gasteiger partial charge in [-0.25, -0.2) is 0 Å². The van der Waals surface area contributed by atoms with Gasteiger partial charge in [-0.05, 0) is 47.9 Å². The monoisotopic (exact) mass is 388 g/mol. The molecule has 0 radical (unpaired) electrons. The highest BCUT2D eigenvalue weighted by Crippen LogP contribution is 2.42. The zero-order chi connectivity index (χ0) is 21.5. The van der Waals surface area contributed by atoms with E-state index in [1.165, 1.54) is 0 Å². The molecule has 28 heavy (non-hydrogen) atoms. The molecule has 1 atom stereocenters. The van der Waals surface area contributed by atoms with Gasteiger partial charge in [0, 0.05) is 5.41 Å². The van der Waals surface area contributed by atoms with Crippen LogP contribution in [0.15, 0.2) is 42.5 Å². The first kappa shape index (κ1) is 24.0. The molecule has 0 aliphatic rings. The molecule has 0 aliphatic carbocycles. The number of aryl methyl sites for hydroxylation is 1. The van der Waals surface area contributed by atoms with Gasteiger partial charge in [0.15, 0.2) is 0 Å². The Bertz CT molecular complexity index is 706. The van der Waals surface area contributed by atoms with E-state index in [2.05, 4.69) is 26.5 Å². The number of carboxylic acid groups (broad SMARTS) is 1. The third-order valence-electron chi connectivity index (χ3n) is 5.61. The van der Waals surface area contributed by atoms with Crippen molar-refractivity contribution in [2.24, 2.45) is 5.41 Å². The second kappa shape index (κ2) is 9.92. The van der Waals surface area contributed by atoms with Gasteiger partial charge in [-0.2, -0.15) is 0 Å². The number of carboxylic acids is 1. The van der Waals surface area contributed by atoms with Gasteiger partial charge >= 0.3 is 5.97 Å². The van der Waals surface area contributed by atoms with Crippen molar-refractivity contribution in [2.45, 2.75) is 72.3 Å². The molecule has 0 aromatic heterocycles. The molecule has 156 valence electrons. The van der Waals surface area contributed by atoms with E-state index in [9.17, 15) is 15.0 Å². The van der Waals surface area contributed by atoms with Gasteiger partial charge in [0.25, 0.3) is 0 Å². The van der Waals surface area contributed by atoms with Crippen molar-refractivity contribution in [1.82, 2.24) is 0 Å². The molecule has 1 aromatic rings. The number of aliphatic carboxylic acids is 1. The Balaban J connectivity index is 3.25. The first-order chi connectivity index (χ1) is 13.0. The number of benzene rings is 1. The Labute approximate surface area is 169 Å². The molecular weight excluding hydrogens is 352 g/mol. The lowest BCUT2D eigenvalue weighted by Gasteiger charge is -2.35. The number of allylic oxidation sites excluding steroid dienone is 2. The van der Waals surface area contributed by atoms with Crippen LogP contribution < -0.4 is 4.74 Å². The lowest BCUT2D eigenvalue weighted by Crippen LogP contribution is -2.32. The maximum Gasteiger partial charge on any atom is 0.307 e. The standard InChI is InChI=1S/C24H36O4/c1-8-11-18(15-22(26)27)24(9-2,10-3)19-12-13-20(17(4)14-19)28-16-21(25)23(5,6)7/h8,11-14,21,25H,1,9-10,15-16H2,2-7H3,(H,26,27)/b18-11+. The summed E-state index contributed by atoms with van der Waals surface area (Å²) < 4.78 is 5.86. The molecule has 0 bridgehead atoms. The van der Waals surface area contributed by atoms with E-state index >= 15 is 0 Å². The Morgan fingerprint density at radius 2 is 1.86 bits per heavy atom. The van der Waals surface area contributed by atoms with E-state index in [4.69, 9.17) is 4.74 Å². The third-order valence-corrected chi connectivity index (χ3v) is 5.61. The van der Waals surface area contributed by atoms with Gasteiger partial charge in [-0.3, -0.25) is 4.79 Å². The molecule has 2 N–H and O–H groups in total. The second-order valence-corrected chi connectivity index (χ2v) is 8.46. The van der Waals surface area contributed by atoms with Gasteiger partial charge < -0.3 is 14.9 Å². The first-order valence-corrected chi connectivity index (χ1v) is 9.97. The van der Waals surface area contributed by atoms with Crippen molar-refractivity contribution in [1.29, 1.82) is 0 Å². The smallest absolute Gasteiger partial charge is 0.307 e. The highest BCUT2D eigenvalue weighted by Gasteiger charge is 2.34. The number of hydrogen-bond acceptors (Lipinski definition) is 3.